The van der Waals surface area contributed by atoms with Gasteiger partial charge in [-0.2, -0.15) is 0 Å². The van der Waals surface area contributed by atoms with Crippen LogP contribution >= 0.6 is 11.6 Å². The third-order valence-electron chi connectivity index (χ3n) is 6.00. The molecule has 7 nitrogen and oxygen atoms in total. The summed E-state index contributed by atoms with van der Waals surface area (Å²) < 4.78 is 10.6. The van der Waals surface area contributed by atoms with Gasteiger partial charge < -0.3 is 24.6 Å². The van der Waals surface area contributed by atoms with E-state index in [1.54, 1.807) is 26.3 Å². The molecule has 1 aliphatic heterocycles. The molecule has 2 N–H and O–H groups in total. The Balaban J connectivity index is 0.000000526. The Morgan fingerprint density at radius 1 is 0.972 bits per heavy atom. The lowest BCUT2D eigenvalue weighted by molar-refractivity contribution is 0.0140. The number of benzene rings is 2. The van der Waals surface area contributed by atoms with E-state index in [1.807, 2.05) is 60.7 Å². The van der Waals surface area contributed by atoms with E-state index in [0.717, 1.165) is 43.2 Å². The summed E-state index contributed by atoms with van der Waals surface area (Å²) in [6.07, 6.45) is 1.64. The largest absolute Gasteiger partial charge is 0.491 e. The molecule has 1 aromatic heterocycles. The molecule has 0 saturated carbocycles. The van der Waals surface area contributed by atoms with Gasteiger partial charge in [0, 0.05) is 57.7 Å². The molecule has 1 fully saturated rings. The van der Waals surface area contributed by atoms with Crippen molar-refractivity contribution in [2.75, 3.05) is 57.9 Å². The van der Waals surface area contributed by atoms with Crippen LogP contribution in [0.4, 0.5) is 5.69 Å². The van der Waals surface area contributed by atoms with E-state index in [4.69, 9.17) is 26.2 Å². The summed E-state index contributed by atoms with van der Waals surface area (Å²) in [6.45, 7) is 6.52. The van der Waals surface area contributed by atoms with Gasteiger partial charge in [-0.05, 0) is 25.1 Å². The quantitative estimate of drug-likeness (QED) is 0.419. The molecule has 1 saturated heterocycles. The molecule has 0 radical (unpaired) electrons. The zero-order chi connectivity index (χ0) is 25.8. The zero-order valence-electron chi connectivity index (χ0n) is 21.0. The second-order valence-corrected chi connectivity index (χ2v) is 9.25. The van der Waals surface area contributed by atoms with Crippen LogP contribution < -0.4 is 9.64 Å². The van der Waals surface area contributed by atoms with Crippen molar-refractivity contribution in [1.82, 2.24) is 9.88 Å². The molecule has 1 aliphatic rings. The molecule has 1 atom stereocenters. The summed E-state index contributed by atoms with van der Waals surface area (Å²) in [5.41, 5.74) is 1.32. The number of anilines is 1. The second-order valence-electron chi connectivity index (χ2n) is 8.84. The van der Waals surface area contributed by atoms with Gasteiger partial charge in [-0.3, -0.25) is 9.88 Å². The Hall–Kier alpha value is -2.68. The number of halogens is 1. The number of rotatable bonds is 9. The van der Waals surface area contributed by atoms with Crippen LogP contribution in [-0.4, -0.2) is 73.1 Å². The number of β-amino-alcohol motifs (C(OH)–C–C–N with tert-alkyl or cyclic N) is 1. The van der Waals surface area contributed by atoms with Crippen LogP contribution in [0.5, 0.6) is 5.75 Å². The van der Waals surface area contributed by atoms with Crippen molar-refractivity contribution in [2.24, 2.45) is 0 Å². The molecule has 0 unspecified atom stereocenters. The monoisotopic (exact) mass is 513 g/mol. The van der Waals surface area contributed by atoms with Crippen LogP contribution in [-0.2, 0) is 16.9 Å². The number of piperazine rings is 1. The maximum absolute atomic E-state index is 10.9. The van der Waals surface area contributed by atoms with Crippen molar-refractivity contribution >= 4 is 17.3 Å². The molecule has 0 aliphatic carbocycles. The number of methoxy groups -OCH3 is 1. The van der Waals surface area contributed by atoms with Crippen molar-refractivity contribution in [3.05, 3.63) is 89.2 Å². The van der Waals surface area contributed by atoms with Crippen molar-refractivity contribution in [2.45, 2.75) is 19.1 Å². The minimum atomic E-state index is -1.01. The first-order valence-corrected chi connectivity index (χ1v) is 12.5. The highest BCUT2D eigenvalue weighted by Gasteiger charge is 2.29. The Morgan fingerprint density at radius 3 is 2.17 bits per heavy atom. The van der Waals surface area contributed by atoms with Crippen molar-refractivity contribution in [3.63, 3.8) is 0 Å². The Bertz CT molecular complexity index is 1000. The maximum atomic E-state index is 10.9. The van der Waals surface area contributed by atoms with E-state index in [1.165, 1.54) is 0 Å². The number of pyridine rings is 1. The predicted molar refractivity (Wildman–Crippen MR) is 144 cm³/mol. The van der Waals surface area contributed by atoms with Crippen molar-refractivity contribution < 1.29 is 19.7 Å². The van der Waals surface area contributed by atoms with Gasteiger partial charge in [0.25, 0.3) is 0 Å². The van der Waals surface area contributed by atoms with Gasteiger partial charge in [0.05, 0.1) is 29.6 Å². The van der Waals surface area contributed by atoms with Gasteiger partial charge in [0.1, 0.15) is 18.0 Å². The summed E-state index contributed by atoms with van der Waals surface area (Å²) in [4.78, 5) is 8.68. The van der Waals surface area contributed by atoms with Gasteiger partial charge in [-0.25, -0.2) is 0 Å². The lowest BCUT2D eigenvalue weighted by Crippen LogP contribution is -2.50. The molecular weight excluding hydrogens is 478 g/mol. The molecule has 2 heterocycles. The topological polar surface area (TPSA) is 78.3 Å². The summed E-state index contributed by atoms with van der Waals surface area (Å²) >= 11 is 6.49. The fourth-order valence-electron chi connectivity index (χ4n) is 3.97. The molecule has 8 heteroatoms. The molecule has 36 heavy (non-hydrogen) atoms. The Morgan fingerprint density at radius 2 is 1.64 bits per heavy atom. The van der Waals surface area contributed by atoms with Gasteiger partial charge in [0.2, 0.25) is 0 Å². The average Bonchev–Trinajstić information content (AvgIpc) is 2.91. The number of nitrogens with zero attached hydrogens (tertiary/aromatic N) is 3. The molecule has 3 aromatic rings. The standard InChI is InChI=1S/C22H30ClN3O4.C6H6/c1-22(28,17-3-4-18(15-27)24-14-17)16-25-7-9-26(10-8-25)21-6-5-19(13-20(21)23)30-12-11-29-2;1-2-4-6-5-3-1/h3-6,13-14,27-28H,7-12,15-16H2,1-2H3;1-6H/t22-;/m1./s1. The SMILES string of the molecule is COCCOc1ccc(N2CCN(C[C@@](C)(O)c3ccc(CO)nc3)CC2)c(Cl)c1.c1ccccc1. The molecule has 0 bridgehead atoms. The highest BCUT2D eigenvalue weighted by Crippen LogP contribution is 2.31. The third kappa shape index (κ3) is 8.47. The summed E-state index contributed by atoms with van der Waals surface area (Å²) in [6, 6.07) is 21.3. The summed E-state index contributed by atoms with van der Waals surface area (Å²) in [5.74, 6) is 0.733. The van der Waals surface area contributed by atoms with Crippen molar-refractivity contribution in [1.29, 1.82) is 0 Å². The van der Waals surface area contributed by atoms with E-state index < -0.39 is 5.60 Å². The molecule has 4 rings (SSSR count). The summed E-state index contributed by atoms with van der Waals surface area (Å²) in [5, 5.41) is 20.7. The molecule has 0 amide bonds. The minimum absolute atomic E-state index is 0.104. The van der Waals surface area contributed by atoms with Gasteiger partial charge in [-0.1, -0.05) is 54.1 Å². The first kappa shape index (κ1) is 27.9. The summed E-state index contributed by atoms with van der Waals surface area (Å²) in [7, 11) is 1.64. The lowest BCUT2D eigenvalue weighted by atomic mass is 9.96. The van der Waals surface area contributed by atoms with E-state index in [9.17, 15) is 5.11 Å². The van der Waals surface area contributed by atoms with Crippen LogP contribution in [0.2, 0.25) is 5.02 Å². The van der Waals surface area contributed by atoms with Crippen LogP contribution in [0.25, 0.3) is 0 Å². The predicted octanol–water partition coefficient (Wildman–Crippen LogP) is 3.97. The Kier molecular flexibility index (Phi) is 11.0. The zero-order valence-corrected chi connectivity index (χ0v) is 21.8. The van der Waals surface area contributed by atoms with E-state index >= 15 is 0 Å². The molecule has 2 aromatic carbocycles. The normalized spacial score (nSPS) is 15.5. The molecule has 0 spiro atoms. The number of aliphatic hydroxyl groups excluding tert-OH is 1. The fourth-order valence-corrected chi connectivity index (χ4v) is 4.26. The smallest absolute Gasteiger partial charge is 0.121 e. The lowest BCUT2D eigenvalue weighted by Gasteiger charge is -2.39. The maximum Gasteiger partial charge on any atom is 0.121 e. The fraction of sp³-hybridized carbons (Fsp3) is 0.393. The average molecular weight is 514 g/mol. The first-order chi connectivity index (χ1) is 17.4. The number of ether oxygens (including phenoxy) is 2. The van der Waals surface area contributed by atoms with E-state index in [2.05, 4.69) is 14.8 Å². The Labute approximate surface area is 218 Å². The number of aliphatic hydroxyl groups is 2. The number of hydrogen-bond acceptors (Lipinski definition) is 7. The van der Waals surface area contributed by atoms with Gasteiger partial charge >= 0.3 is 0 Å². The molecule has 194 valence electrons. The third-order valence-corrected chi connectivity index (χ3v) is 6.30. The first-order valence-electron chi connectivity index (χ1n) is 12.1. The minimum Gasteiger partial charge on any atom is -0.491 e. The van der Waals surface area contributed by atoms with E-state index in [-0.39, 0.29) is 6.61 Å². The van der Waals surface area contributed by atoms with Crippen molar-refractivity contribution in [3.8, 4) is 5.75 Å². The van der Waals surface area contributed by atoms with Crippen LogP contribution in [0.1, 0.15) is 18.2 Å². The highest BCUT2D eigenvalue weighted by molar-refractivity contribution is 6.33. The number of hydrogen-bond donors (Lipinski definition) is 2. The van der Waals surface area contributed by atoms with Gasteiger partial charge in [-0.15, -0.1) is 0 Å². The van der Waals surface area contributed by atoms with Crippen LogP contribution in [0.15, 0.2) is 72.9 Å². The molecular formula is C28H36ClN3O4. The van der Waals surface area contributed by atoms with E-state index in [0.29, 0.717) is 30.5 Å². The second kappa shape index (κ2) is 14.2. The highest BCUT2D eigenvalue weighted by atomic mass is 35.5. The number of aromatic nitrogens is 1. The van der Waals surface area contributed by atoms with Crippen LogP contribution in [0, 0.1) is 0 Å². The van der Waals surface area contributed by atoms with Crippen LogP contribution in [0.3, 0.4) is 0 Å². The van der Waals surface area contributed by atoms with Gasteiger partial charge in [0.15, 0.2) is 0 Å².